The van der Waals surface area contributed by atoms with Crippen molar-refractivity contribution < 1.29 is 0 Å². The molecule has 1 aliphatic heterocycles. The van der Waals surface area contributed by atoms with Crippen LogP contribution in [0.15, 0.2) is 29.2 Å². The van der Waals surface area contributed by atoms with Crippen molar-refractivity contribution in [1.29, 1.82) is 0 Å². The van der Waals surface area contributed by atoms with E-state index in [2.05, 4.69) is 43.4 Å². The van der Waals surface area contributed by atoms with Gasteiger partial charge < -0.3 is 5.32 Å². The maximum Gasteiger partial charge on any atom is 0.0341 e. The van der Waals surface area contributed by atoms with E-state index in [9.17, 15) is 0 Å². The van der Waals surface area contributed by atoms with Crippen LogP contribution in [0.5, 0.6) is 0 Å². The molecule has 0 amide bonds. The van der Waals surface area contributed by atoms with Crippen molar-refractivity contribution in [3.63, 3.8) is 0 Å². The molecule has 0 spiro atoms. The van der Waals surface area contributed by atoms with Crippen LogP contribution < -0.4 is 5.32 Å². The summed E-state index contributed by atoms with van der Waals surface area (Å²) in [6.07, 6.45) is 2.60. The van der Waals surface area contributed by atoms with E-state index in [1.807, 2.05) is 11.8 Å². The van der Waals surface area contributed by atoms with Gasteiger partial charge >= 0.3 is 0 Å². The zero-order valence-electron chi connectivity index (χ0n) is 9.99. The summed E-state index contributed by atoms with van der Waals surface area (Å²) in [7, 11) is 0. The van der Waals surface area contributed by atoms with E-state index in [0.29, 0.717) is 11.5 Å². The minimum Gasteiger partial charge on any atom is -0.307 e. The second-order valence-electron chi connectivity index (χ2n) is 5.64. The topological polar surface area (TPSA) is 12.0 Å². The first-order valence-corrected chi connectivity index (χ1v) is 7.13. The predicted octanol–water partition coefficient (Wildman–Crippen LogP) is 3.61. The number of rotatable bonds is 2. The summed E-state index contributed by atoms with van der Waals surface area (Å²) in [6, 6.07) is 10.2. The monoisotopic (exact) mass is 233 g/mol. The molecule has 2 atom stereocenters. The molecule has 1 nitrogen and oxygen atoms in total. The van der Waals surface area contributed by atoms with Gasteiger partial charge in [0.25, 0.3) is 0 Å². The molecule has 1 heterocycles. The molecule has 0 bridgehead atoms. The molecule has 3 rings (SSSR count). The summed E-state index contributed by atoms with van der Waals surface area (Å²) in [5, 5.41) is 3.83. The second kappa shape index (κ2) is 3.78. The fourth-order valence-corrected chi connectivity index (χ4v) is 3.63. The van der Waals surface area contributed by atoms with E-state index in [1.54, 1.807) is 0 Å². The first-order valence-electron chi connectivity index (χ1n) is 6.14. The van der Waals surface area contributed by atoms with Crippen LogP contribution in [0.1, 0.15) is 38.3 Å². The van der Waals surface area contributed by atoms with Gasteiger partial charge in [0.2, 0.25) is 0 Å². The highest BCUT2D eigenvalue weighted by Crippen LogP contribution is 2.47. The van der Waals surface area contributed by atoms with Crippen LogP contribution in [0.4, 0.5) is 0 Å². The Bertz CT molecular complexity index is 399. The van der Waals surface area contributed by atoms with Crippen molar-refractivity contribution in [2.75, 3.05) is 5.75 Å². The van der Waals surface area contributed by atoms with E-state index >= 15 is 0 Å². The van der Waals surface area contributed by atoms with Crippen LogP contribution in [0.2, 0.25) is 0 Å². The highest BCUT2D eigenvalue weighted by molar-refractivity contribution is 7.99. The first-order chi connectivity index (χ1) is 7.67. The number of thioether (sulfide) groups is 1. The van der Waals surface area contributed by atoms with E-state index in [-0.39, 0.29) is 0 Å². The maximum absolute atomic E-state index is 3.83. The Morgan fingerprint density at radius 1 is 1.31 bits per heavy atom. The molecule has 2 heteroatoms. The lowest BCUT2D eigenvalue weighted by atomic mass is 10.0. The van der Waals surface area contributed by atoms with Crippen LogP contribution in [0, 0.1) is 5.41 Å². The summed E-state index contributed by atoms with van der Waals surface area (Å²) in [4.78, 5) is 1.48. The third kappa shape index (κ3) is 1.89. The van der Waals surface area contributed by atoms with Crippen LogP contribution in [-0.2, 0) is 0 Å². The van der Waals surface area contributed by atoms with Crippen molar-refractivity contribution in [1.82, 2.24) is 5.32 Å². The van der Waals surface area contributed by atoms with Gasteiger partial charge in [0, 0.05) is 17.0 Å². The molecule has 2 unspecified atom stereocenters. The molecule has 1 N–H and O–H groups in total. The van der Waals surface area contributed by atoms with Gasteiger partial charge in [-0.3, -0.25) is 0 Å². The number of nitrogens with one attached hydrogen (secondary N) is 1. The normalized spacial score (nSPS) is 30.9. The number of fused-ring (bicyclic) bond motifs is 1. The van der Waals surface area contributed by atoms with Gasteiger partial charge in [-0.05, 0) is 35.6 Å². The summed E-state index contributed by atoms with van der Waals surface area (Å²) < 4.78 is 0. The molecule has 0 radical (unpaired) electrons. The van der Waals surface area contributed by atoms with Crippen LogP contribution in [-0.4, -0.2) is 11.8 Å². The average molecular weight is 233 g/mol. The third-order valence-corrected chi connectivity index (χ3v) is 5.00. The lowest BCUT2D eigenvalue weighted by Gasteiger charge is -2.26. The third-order valence-electron chi connectivity index (χ3n) is 3.87. The molecule has 1 fully saturated rings. The Kier molecular flexibility index (Phi) is 2.52. The second-order valence-corrected chi connectivity index (χ2v) is 6.78. The van der Waals surface area contributed by atoms with E-state index < -0.39 is 0 Å². The van der Waals surface area contributed by atoms with Gasteiger partial charge in [-0.2, -0.15) is 0 Å². The standard InChI is InChI=1S/C14H19NS/c1-14(2)9-13(14)15-11-7-8-16-12-6-4-3-5-10(11)12/h3-6,11,13,15H,7-9H2,1-2H3. The molecule has 0 saturated heterocycles. The highest BCUT2D eigenvalue weighted by atomic mass is 32.2. The zero-order valence-corrected chi connectivity index (χ0v) is 10.8. The van der Waals surface area contributed by atoms with E-state index in [1.165, 1.54) is 29.1 Å². The maximum atomic E-state index is 3.83. The smallest absolute Gasteiger partial charge is 0.0341 e. The van der Waals surface area contributed by atoms with Crippen LogP contribution in [0.3, 0.4) is 0 Å². The highest BCUT2D eigenvalue weighted by Gasteiger charge is 2.46. The Morgan fingerprint density at radius 3 is 2.81 bits per heavy atom. The SMILES string of the molecule is CC1(C)CC1NC1CCSc2ccccc21. The minimum atomic E-state index is 0.527. The summed E-state index contributed by atoms with van der Waals surface area (Å²) in [5.74, 6) is 1.25. The molecule has 1 aromatic rings. The molecular formula is C14H19NS. The van der Waals surface area contributed by atoms with E-state index in [4.69, 9.17) is 0 Å². The lowest BCUT2D eigenvalue weighted by Crippen LogP contribution is -2.28. The molecule has 2 aliphatic rings. The van der Waals surface area contributed by atoms with Gasteiger partial charge in [0.05, 0.1) is 0 Å². The largest absolute Gasteiger partial charge is 0.307 e. The Balaban J connectivity index is 1.78. The van der Waals surface area contributed by atoms with E-state index in [0.717, 1.165) is 6.04 Å². The van der Waals surface area contributed by atoms with Crippen molar-refractivity contribution in [3.05, 3.63) is 29.8 Å². The first kappa shape index (κ1) is 10.7. The Hall–Kier alpha value is -0.470. The van der Waals surface area contributed by atoms with Gasteiger partial charge in [-0.25, -0.2) is 0 Å². The number of benzene rings is 1. The van der Waals surface area contributed by atoms with Crippen molar-refractivity contribution in [2.45, 2.75) is 43.7 Å². The fraction of sp³-hybridized carbons (Fsp3) is 0.571. The molecule has 86 valence electrons. The fourth-order valence-electron chi connectivity index (χ4n) is 2.51. The van der Waals surface area contributed by atoms with Gasteiger partial charge in [-0.1, -0.05) is 32.0 Å². The molecule has 1 aromatic carbocycles. The minimum absolute atomic E-state index is 0.527. The Labute approximate surface area is 102 Å². The number of hydrogen-bond donors (Lipinski definition) is 1. The van der Waals surface area contributed by atoms with Gasteiger partial charge in [-0.15, -0.1) is 11.8 Å². The summed E-state index contributed by atoms with van der Waals surface area (Å²) in [5.41, 5.74) is 2.04. The van der Waals surface area contributed by atoms with Crippen molar-refractivity contribution in [3.8, 4) is 0 Å². The molecule has 16 heavy (non-hydrogen) atoms. The summed E-state index contributed by atoms with van der Waals surface area (Å²) in [6.45, 7) is 4.71. The zero-order chi connectivity index (χ0) is 11.2. The quantitative estimate of drug-likeness (QED) is 0.837. The summed E-state index contributed by atoms with van der Waals surface area (Å²) >= 11 is 2.00. The number of hydrogen-bond acceptors (Lipinski definition) is 2. The lowest BCUT2D eigenvalue weighted by molar-refractivity contribution is 0.456. The predicted molar refractivity (Wildman–Crippen MR) is 69.8 cm³/mol. The Morgan fingerprint density at radius 2 is 2.06 bits per heavy atom. The molecule has 1 aliphatic carbocycles. The molecule has 0 aromatic heterocycles. The van der Waals surface area contributed by atoms with Crippen LogP contribution in [0.25, 0.3) is 0 Å². The van der Waals surface area contributed by atoms with Crippen LogP contribution >= 0.6 is 11.8 Å². The molecular weight excluding hydrogens is 214 g/mol. The average Bonchev–Trinajstić information content (AvgIpc) is 2.87. The van der Waals surface area contributed by atoms with Gasteiger partial charge in [0.15, 0.2) is 0 Å². The van der Waals surface area contributed by atoms with Crippen molar-refractivity contribution in [2.24, 2.45) is 5.41 Å². The van der Waals surface area contributed by atoms with Gasteiger partial charge in [0.1, 0.15) is 0 Å². The molecule has 1 saturated carbocycles. The van der Waals surface area contributed by atoms with Crippen molar-refractivity contribution >= 4 is 11.8 Å².